The fourth-order valence-electron chi connectivity index (χ4n) is 1.43. The normalized spacial score (nSPS) is 10.2. The number of anilines is 1. The molecule has 1 aromatic carbocycles. The minimum atomic E-state index is -1.08. The third-order valence-corrected chi connectivity index (χ3v) is 4.24. The quantitative estimate of drug-likeness (QED) is 0.823. The molecule has 0 saturated carbocycles. The molecular formula is C12H11N3O3S2. The van der Waals surface area contributed by atoms with E-state index in [2.05, 4.69) is 15.5 Å². The highest BCUT2D eigenvalue weighted by Crippen LogP contribution is 2.22. The van der Waals surface area contributed by atoms with E-state index in [0.29, 0.717) is 10.0 Å². The van der Waals surface area contributed by atoms with Crippen molar-refractivity contribution in [3.8, 4) is 0 Å². The number of nitrogens with one attached hydrogen (secondary N) is 1. The number of hydrogen-bond acceptors (Lipinski definition) is 6. The van der Waals surface area contributed by atoms with E-state index in [4.69, 9.17) is 5.11 Å². The Hall–Kier alpha value is -1.93. The van der Waals surface area contributed by atoms with Crippen LogP contribution < -0.4 is 5.32 Å². The molecule has 8 heteroatoms. The van der Waals surface area contributed by atoms with Crippen molar-refractivity contribution >= 4 is 40.7 Å². The van der Waals surface area contributed by atoms with Crippen LogP contribution >= 0.6 is 23.1 Å². The number of para-hydroxylation sites is 1. The van der Waals surface area contributed by atoms with Gasteiger partial charge in [0.25, 0.3) is 0 Å². The van der Waals surface area contributed by atoms with E-state index in [1.807, 2.05) is 6.92 Å². The SMILES string of the molecule is Cc1nnc(SCC(=O)Nc2ccccc2C(=O)O)s1. The van der Waals surface area contributed by atoms with Crippen LogP contribution in [0.25, 0.3) is 0 Å². The number of aromatic carboxylic acids is 1. The van der Waals surface area contributed by atoms with Crippen molar-refractivity contribution in [3.05, 3.63) is 34.8 Å². The number of hydrogen-bond donors (Lipinski definition) is 2. The summed E-state index contributed by atoms with van der Waals surface area (Å²) in [5.74, 6) is -1.20. The lowest BCUT2D eigenvalue weighted by Crippen LogP contribution is -2.16. The number of amides is 1. The van der Waals surface area contributed by atoms with Gasteiger partial charge in [0.05, 0.1) is 17.0 Å². The molecule has 20 heavy (non-hydrogen) atoms. The molecule has 0 aliphatic heterocycles. The molecule has 1 heterocycles. The molecule has 0 aliphatic carbocycles. The van der Waals surface area contributed by atoms with Gasteiger partial charge in [-0.15, -0.1) is 10.2 Å². The number of aryl methyl sites for hydroxylation is 1. The first-order valence-electron chi connectivity index (χ1n) is 5.61. The molecular weight excluding hydrogens is 298 g/mol. The Morgan fingerprint density at radius 1 is 1.35 bits per heavy atom. The van der Waals surface area contributed by atoms with Crippen molar-refractivity contribution in [2.45, 2.75) is 11.3 Å². The Labute approximate surface area is 123 Å². The first kappa shape index (κ1) is 14.5. The van der Waals surface area contributed by atoms with Crippen molar-refractivity contribution in [2.24, 2.45) is 0 Å². The van der Waals surface area contributed by atoms with Crippen molar-refractivity contribution in [1.82, 2.24) is 10.2 Å². The molecule has 1 amide bonds. The van der Waals surface area contributed by atoms with Gasteiger partial charge in [-0.2, -0.15) is 0 Å². The zero-order chi connectivity index (χ0) is 14.5. The Kier molecular flexibility index (Phi) is 4.70. The van der Waals surface area contributed by atoms with Gasteiger partial charge in [-0.3, -0.25) is 4.79 Å². The lowest BCUT2D eigenvalue weighted by molar-refractivity contribution is -0.113. The van der Waals surface area contributed by atoms with Gasteiger partial charge in [-0.1, -0.05) is 35.2 Å². The summed E-state index contributed by atoms with van der Waals surface area (Å²) in [6.07, 6.45) is 0. The molecule has 2 aromatic rings. The van der Waals surface area contributed by atoms with E-state index in [1.165, 1.54) is 29.2 Å². The Balaban J connectivity index is 1.96. The van der Waals surface area contributed by atoms with Crippen LogP contribution in [-0.4, -0.2) is 32.9 Å². The van der Waals surface area contributed by atoms with Gasteiger partial charge in [0.2, 0.25) is 5.91 Å². The molecule has 2 N–H and O–H groups in total. The number of benzene rings is 1. The van der Waals surface area contributed by atoms with E-state index in [-0.39, 0.29) is 17.2 Å². The van der Waals surface area contributed by atoms with Gasteiger partial charge in [0, 0.05) is 0 Å². The molecule has 0 spiro atoms. The minimum Gasteiger partial charge on any atom is -0.478 e. The van der Waals surface area contributed by atoms with E-state index >= 15 is 0 Å². The third-order valence-electron chi connectivity index (χ3n) is 2.27. The number of carboxylic acids is 1. The number of nitrogens with zero attached hydrogens (tertiary/aromatic N) is 2. The van der Waals surface area contributed by atoms with Crippen LogP contribution in [-0.2, 0) is 4.79 Å². The Morgan fingerprint density at radius 2 is 2.10 bits per heavy atom. The second kappa shape index (κ2) is 6.49. The Morgan fingerprint density at radius 3 is 2.75 bits per heavy atom. The number of aromatic nitrogens is 2. The van der Waals surface area contributed by atoms with Gasteiger partial charge in [0.1, 0.15) is 5.01 Å². The molecule has 0 saturated heterocycles. The van der Waals surface area contributed by atoms with Crippen molar-refractivity contribution in [2.75, 3.05) is 11.1 Å². The van der Waals surface area contributed by atoms with Crippen molar-refractivity contribution in [1.29, 1.82) is 0 Å². The molecule has 104 valence electrons. The number of rotatable bonds is 5. The number of carboxylic acid groups (broad SMARTS) is 1. The van der Waals surface area contributed by atoms with Crippen LogP contribution in [0, 0.1) is 6.92 Å². The van der Waals surface area contributed by atoms with Gasteiger partial charge in [-0.25, -0.2) is 4.79 Å². The predicted molar refractivity (Wildman–Crippen MR) is 77.4 cm³/mol. The van der Waals surface area contributed by atoms with E-state index in [0.717, 1.165) is 5.01 Å². The average Bonchev–Trinajstić information content (AvgIpc) is 2.83. The zero-order valence-electron chi connectivity index (χ0n) is 10.5. The summed E-state index contributed by atoms with van der Waals surface area (Å²) < 4.78 is 0.712. The molecule has 0 fully saturated rings. The second-order valence-electron chi connectivity index (χ2n) is 3.77. The molecule has 0 atom stereocenters. The summed E-state index contributed by atoms with van der Waals surface area (Å²) in [4.78, 5) is 22.8. The van der Waals surface area contributed by atoms with Gasteiger partial charge < -0.3 is 10.4 Å². The number of carbonyl (C=O) groups is 2. The zero-order valence-corrected chi connectivity index (χ0v) is 12.1. The highest BCUT2D eigenvalue weighted by Gasteiger charge is 2.12. The average molecular weight is 309 g/mol. The van der Waals surface area contributed by atoms with Crippen LogP contribution in [0.4, 0.5) is 5.69 Å². The molecule has 2 rings (SSSR count). The monoisotopic (exact) mass is 309 g/mol. The maximum Gasteiger partial charge on any atom is 0.337 e. The van der Waals surface area contributed by atoms with Crippen LogP contribution in [0.2, 0.25) is 0 Å². The van der Waals surface area contributed by atoms with Gasteiger partial charge in [0.15, 0.2) is 4.34 Å². The van der Waals surface area contributed by atoms with Crippen LogP contribution in [0.1, 0.15) is 15.4 Å². The van der Waals surface area contributed by atoms with E-state index < -0.39 is 5.97 Å². The van der Waals surface area contributed by atoms with Crippen LogP contribution in [0.5, 0.6) is 0 Å². The van der Waals surface area contributed by atoms with Crippen LogP contribution in [0.15, 0.2) is 28.6 Å². The maximum absolute atomic E-state index is 11.8. The first-order chi connectivity index (χ1) is 9.56. The molecule has 0 bridgehead atoms. The molecule has 6 nitrogen and oxygen atoms in total. The molecule has 0 aliphatic rings. The fraction of sp³-hybridized carbons (Fsp3) is 0.167. The number of thioether (sulfide) groups is 1. The highest BCUT2D eigenvalue weighted by molar-refractivity contribution is 8.01. The number of carbonyl (C=O) groups excluding carboxylic acids is 1. The summed E-state index contributed by atoms with van der Waals surface area (Å²) in [6, 6.07) is 6.28. The third kappa shape index (κ3) is 3.78. The second-order valence-corrected chi connectivity index (χ2v) is 6.18. The molecule has 1 aromatic heterocycles. The van der Waals surface area contributed by atoms with Crippen molar-refractivity contribution in [3.63, 3.8) is 0 Å². The maximum atomic E-state index is 11.8. The lowest BCUT2D eigenvalue weighted by Gasteiger charge is -2.07. The first-order valence-corrected chi connectivity index (χ1v) is 7.41. The molecule has 0 unspecified atom stereocenters. The minimum absolute atomic E-state index is 0.0672. The highest BCUT2D eigenvalue weighted by atomic mass is 32.2. The van der Waals surface area contributed by atoms with E-state index in [9.17, 15) is 9.59 Å². The largest absolute Gasteiger partial charge is 0.478 e. The van der Waals surface area contributed by atoms with Gasteiger partial charge in [-0.05, 0) is 19.1 Å². The standard InChI is InChI=1S/C12H11N3O3S2/c1-7-14-15-12(20-7)19-6-10(16)13-9-5-3-2-4-8(9)11(17)18/h2-5H,6H2,1H3,(H,13,16)(H,17,18). The molecule has 0 radical (unpaired) electrons. The summed E-state index contributed by atoms with van der Waals surface area (Å²) in [6.45, 7) is 1.84. The lowest BCUT2D eigenvalue weighted by atomic mass is 10.2. The summed E-state index contributed by atoms with van der Waals surface area (Å²) in [5, 5.41) is 20.2. The topological polar surface area (TPSA) is 92.2 Å². The fourth-order valence-corrected chi connectivity index (χ4v) is 3.04. The summed E-state index contributed by atoms with van der Waals surface area (Å²) >= 11 is 2.68. The Bertz CT molecular complexity index is 642. The van der Waals surface area contributed by atoms with E-state index in [1.54, 1.807) is 18.2 Å². The van der Waals surface area contributed by atoms with Gasteiger partial charge >= 0.3 is 5.97 Å². The summed E-state index contributed by atoms with van der Waals surface area (Å²) in [5.41, 5.74) is 0.358. The van der Waals surface area contributed by atoms with Crippen molar-refractivity contribution < 1.29 is 14.7 Å². The van der Waals surface area contributed by atoms with Crippen LogP contribution in [0.3, 0.4) is 0 Å². The summed E-state index contributed by atoms with van der Waals surface area (Å²) in [7, 11) is 0. The smallest absolute Gasteiger partial charge is 0.337 e. The predicted octanol–water partition coefficient (Wildman–Crippen LogP) is 2.28.